The summed E-state index contributed by atoms with van der Waals surface area (Å²) in [6.45, 7) is 0. The van der Waals surface area contributed by atoms with Crippen LogP contribution in [0.2, 0.25) is 0 Å². The zero-order chi connectivity index (χ0) is 12.8. The SMILES string of the molecule is COc1ccc(OC2CCCCCCC2N)cc1. The van der Waals surface area contributed by atoms with Crippen molar-refractivity contribution in [1.29, 1.82) is 0 Å². The summed E-state index contributed by atoms with van der Waals surface area (Å²) in [6.07, 6.45) is 7.34. The molecule has 0 amide bonds. The molecule has 0 aromatic heterocycles. The Morgan fingerprint density at radius 3 is 2.22 bits per heavy atom. The van der Waals surface area contributed by atoms with Crippen molar-refractivity contribution in [2.75, 3.05) is 7.11 Å². The normalized spacial score (nSPS) is 25.0. The van der Waals surface area contributed by atoms with Crippen LogP contribution in [0.25, 0.3) is 0 Å². The van der Waals surface area contributed by atoms with Crippen molar-refractivity contribution >= 4 is 0 Å². The number of methoxy groups -OCH3 is 1. The van der Waals surface area contributed by atoms with Crippen LogP contribution in [0.15, 0.2) is 24.3 Å². The van der Waals surface area contributed by atoms with E-state index in [4.69, 9.17) is 15.2 Å². The van der Waals surface area contributed by atoms with Gasteiger partial charge in [0.1, 0.15) is 17.6 Å². The third kappa shape index (κ3) is 3.64. The highest BCUT2D eigenvalue weighted by Crippen LogP contribution is 2.23. The van der Waals surface area contributed by atoms with Gasteiger partial charge in [0.15, 0.2) is 0 Å². The molecule has 0 saturated heterocycles. The van der Waals surface area contributed by atoms with Crippen molar-refractivity contribution < 1.29 is 9.47 Å². The van der Waals surface area contributed by atoms with E-state index in [-0.39, 0.29) is 12.1 Å². The molecule has 3 nitrogen and oxygen atoms in total. The summed E-state index contributed by atoms with van der Waals surface area (Å²) in [5.74, 6) is 1.74. The minimum absolute atomic E-state index is 0.152. The van der Waals surface area contributed by atoms with Crippen molar-refractivity contribution in [1.82, 2.24) is 0 Å². The Balaban J connectivity index is 1.96. The highest BCUT2D eigenvalue weighted by Gasteiger charge is 2.20. The molecule has 1 aliphatic carbocycles. The van der Waals surface area contributed by atoms with Crippen molar-refractivity contribution in [3.05, 3.63) is 24.3 Å². The third-order valence-corrected chi connectivity index (χ3v) is 3.60. The van der Waals surface area contributed by atoms with Crippen LogP contribution in [0, 0.1) is 0 Å². The lowest BCUT2D eigenvalue weighted by molar-refractivity contribution is 0.145. The first kappa shape index (κ1) is 13.2. The fourth-order valence-corrected chi connectivity index (χ4v) is 2.45. The van der Waals surface area contributed by atoms with Crippen molar-refractivity contribution in [3.8, 4) is 11.5 Å². The molecule has 0 radical (unpaired) electrons. The van der Waals surface area contributed by atoms with Gasteiger partial charge >= 0.3 is 0 Å². The number of ether oxygens (including phenoxy) is 2. The Kier molecular flexibility index (Phi) is 4.88. The van der Waals surface area contributed by atoms with Gasteiger partial charge in [-0.3, -0.25) is 0 Å². The van der Waals surface area contributed by atoms with Crippen molar-refractivity contribution in [2.24, 2.45) is 5.73 Å². The average molecular weight is 249 g/mol. The Labute approximate surface area is 109 Å². The lowest BCUT2D eigenvalue weighted by Gasteiger charge is -2.27. The molecule has 2 rings (SSSR count). The first-order chi connectivity index (χ1) is 8.79. The van der Waals surface area contributed by atoms with Gasteiger partial charge in [-0.05, 0) is 43.5 Å². The largest absolute Gasteiger partial charge is 0.497 e. The van der Waals surface area contributed by atoms with E-state index in [1.165, 1.54) is 25.7 Å². The van der Waals surface area contributed by atoms with Gasteiger partial charge in [-0.2, -0.15) is 0 Å². The molecule has 1 aromatic carbocycles. The Morgan fingerprint density at radius 1 is 0.944 bits per heavy atom. The highest BCUT2D eigenvalue weighted by atomic mass is 16.5. The highest BCUT2D eigenvalue weighted by molar-refractivity contribution is 5.31. The topological polar surface area (TPSA) is 44.5 Å². The number of hydrogen-bond donors (Lipinski definition) is 1. The number of hydrogen-bond acceptors (Lipinski definition) is 3. The number of nitrogens with two attached hydrogens (primary N) is 1. The second-order valence-electron chi connectivity index (χ2n) is 4.99. The molecule has 1 saturated carbocycles. The van der Waals surface area contributed by atoms with Crippen LogP contribution in [0.1, 0.15) is 38.5 Å². The molecular weight excluding hydrogens is 226 g/mol. The van der Waals surface area contributed by atoms with Crippen LogP contribution in [0.5, 0.6) is 11.5 Å². The van der Waals surface area contributed by atoms with E-state index >= 15 is 0 Å². The van der Waals surface area contributed by atoms with Crippen LogP contribution >= 0.6 is 0 Å². The lowest BCUT2D eigenvalue weighted by atomic mass is 9.95. The molecule has 1 fully saturated rings. The Morgan fingerprint density at radius 2 is 1.56 bits per heavy atom. The molecule has 100 valence electrons. The maximum atomic E-state index is 6.20. The second-order valence-corrected chi connectivity index (χ2v) is 4.99. The standard InChI is InChI=1S/C15H23NO2/c1-17-12-8-10-13(11-9-12)18-15-7-5-3-2-4-6-14(15)16/h8-11,14-15H,2-7,16H2,1H3. The smallest absolute Gasteiger partial charge is 0.120 e. The summed E-state index contributed by atoms with van der Waals surface area (Å²) < 4.78 is 11.2. The van der Waals surface area contributed by atoms with Gasteiger partial charge < -0.3 is 15.2 Å². The molecule has 2 atom stereocenters. The van der Waals surface area contributed by atoms with E-state index < -0.39 is 0 Å². The van der Waals surface area contributed by atoms with Gasteiger partial charge in [0.2, 0.25) is 0 Å². The quantitative estimate of drug-likeness (QED) is 0.895. The van der Waals surface area contributed by atoms with Gasteiger partial charge in [-0.1, -0.05) is 19.3 Å². The van der Waals surface area contributed by atoms with Crippen LogP contribution in [-0.2, 0) is 0 Å². The lowest BCUT2D eigenvalue weighted by Crippen LogP contribution is -2.39. The summed E-state index contributed by atoms with van der Waals surface area (Å²) >= 11 is 0. The zero-order valence-corrected chi connectivity index (χ0v) is 11.1. The van der Waals surface area contributed by atoms with E-state index in [1.807, 2.05) is 24.3 Å². The van der Waals surface area contributed by atoms with Crippen LogP contribution in [0.3, 0.4) is 0 Å². The van der Waals surface area contributed by atoms with Crippen molar-refractivity contribution in [3.63, 3.8) is 0 Å². The minimum Gasteiger partial charge on any atom is -0.497 e. The summed E-state index contributed by atoms with van der Waals surface area (Å²) in [7, 11) is 1.67. The van der Waals surface area contributed by atoms with E-state index in [1.54, 1.807) is 7.11 Å². The van der Waals surface area contributed by atoms with Gasteiger partial charge in [0.05, 0.1) is 7.11 Å². The predicted octanol–water partition coefficient (Wildman–Crippen LogP) is 3.12. The Bertz CT molecular complexity index is 350. The fraction of sp³-hybridized carbons (Fsp3) is 0.600. The summed E-state index contributed by atoms with van der Waals surface area (Å²) in [5.41, 5.74) is 6.20. The molecule has 1 aliphatic rings. The summed E-state index contributed by atoms with van der Waals surface area (Å²) in [6, 6.07) is 7.90. The molecular formula is C15H23NO2. The van der Waals surface area contributed by atoms with Gasteiger partial charge in [0.25, 0.3) is 0 Å². The molecule has 18 heavy (non-hydrogen) atoms. The van der Waals surface area contributed by atoms with E-state index in [0.717, 1.165) is 24.3 Å². The average Bonchev–Trinajstić information content (AvgIpc) is 2.39. The van der Waals surface area contributed by atoms with Gasteiger partial charge in [-0.25, -0.2) is 0 Å². The zero-order valence-electron chi connectivity index (χ0n) is 11.1. The van der Waals surface area contributed by atoms with Gasteiger partial charge in [0, 0.05) is 6.04 Å². The number of rotatable bonds is 3. The molecule has 2 unspecified atom stereocenters. The van der Waals surface area contributed by atoms with Crippen LogP contribution < -0.4 is 15.2 Å². The molecule has 0 bridgehead atoms. The molecule has 0 spiro atoms. The first-order valence-electron chi connectivity index (χ1n) is 6.86. The van der Waals surface area contributed by atoms with E-state index in [2.05, 4.69) is 0 Å². The maximum absolute atomic E-state index is 6.20. The summed E-state index contributed by atoms with van der Waals surface area (Å²) in [5, 5.41) is 0. The van der Waals surface area contributed by atoms with Gasteiger partial charge in [-0.15, -0.1) is 0 Å². The van der Waals surface area contributed by atoms with Crippen LogP contribution in [-0.4, -0.2) is 19.3 Å². The second kappa shape index (κ2) is 6.64. The summed E-state index contributed by atoms with van der Waals surface area (Å²) in [4.78, 5) is 0. The monoisotopic (exact) mass is 249 g/mol. The molecule has 0 aliphatic heterocycles. The molecule has 3 heteroatoms. The minimum atomic E-state index is 0.152. The first-order valence-corrected chi connectivity index (χ1v) is 6.86. The van der Waals surface area contributed by atoms with E-state index in [9.17, 15) is 0 Å². The fourth-order valence-electron chi connectivity index (χ4n) is 2.45. The van der Waals surface area contributed by atoms with E-state index in [0.29, 0.717) is 0 Å². The molecule has 0 heterocycles. The molecule has 1 aromatic rings. The predicted molar refractivity (Wildman–Crippen MR) is 73.1 cm³/mol. The maximum Gasteiger partial charge on any atom is 0.120 e. The van der Waals surface area contributed by atoms with Crippen LogP contribution in [0.4, 0.5) is 0 Å². The Hall–Kier alpha value is -1.22. The number of benzene rings is 1. The molecule has 2 N–H and O–H groups in total. The third-order valence-electron chi connectivity index (χ3n) is 3.60. The van der Waals surface area contributed by atoms with Crippen molar-refractivity contribution in [2.45, 2.75) is 50.7 Å².